The SMILES string of the molecule is CCn1cc(CC2(C=O)CC2)nn1. The second-order valence-corrected chi connectivity index (χ2v) is 3.72. The van der Waals surface area contributed by atoms with Gasteiger partial charge in [-0.15, -0.1) is 5.10 Å². The van der Waals surface area contributed by atoms with Gasteiger partial charge in [0.15, 0.2) is 0 Å². The minimum atomic E-state index is -0.0887. The van der Waals surface area contributed by atoms with Crippen LogP contribution in [0.1, 0.15) is 25.5 Å². The number of rotatable bonds is 4. The van der Waals surface area contributed by atoms with Crippen molar-refractivity contribution in [2.24, 2.45) is 5.41 Å². The van der Waals surface area contributed by atoms with Crippen LogP contribution in [0.3, 0.4) is 0 Å². The lowest BCUT2D eigenvalue weighted by Crippen LogP contribution is -2.06. The van der Waals surface area contributed by atoms with Crippen LogP contribution in [-0.4, -0.2) is 21.3 Å². The highest BCUT2D eigenvalue weighted by molar-refractivity contribution is 5.63. The molecule has 0 atom stereocenters. The summed E-state index contributed by atoms with van der Waals surface area (Å²) in [6, 6.07) is 0. The van der Waals surface area contributed by atoms with Gasteiger partial charge >= 0.3 is 0 Å². The van der Waals surface area contributed by atoms with E-state index in [2.05, 4.69) is 10.3 Å². The Kier molecular flexibility index (Phi) is 1.90. The molecule has 13 heavy (non-hydrogen) atoms. The van der Waals surface area contributed by atoms with E-state index in [0.717, 1.165) is 37.8 Å². The maximum absolute atomic E-state index is 10.7. The standard InChI is InChI=1S/C9H13N3O/c1-2-12-6-8(10-11-12)5-9(7-13)3-4-9/h6-7H,2-5H2,1H3. The van der Waals surface area contributed by atoms with Crippen molar-refractivity contribution >= 4 is 6.29 Å². The van der Waals surface area contributed by atoms with Crippen molar-refractivity contribution < 1.29 is 4.79 Å². The van der Waals surface area contributed by atoms with E-state index in [1.807, 2.05) is 13.1 Å². The van der Waals surface area contributed by atoms with E-state index in [-0.39, 0.29) is 5.41 Å². The predicted octanol–water partition coefficient (Wildman–Crippen LogP) is 0.820. The number of hydrogen-bond donors (Lipinski definition) is 0. The van der Waals surface area contributed by atoms with Gasteiger partial charge in [0.1, 0.15) is 6.29 Å². The van der Waals surface area contributed by atoms with Crippen LogP contribution in [0.2, 0.25) is 0 Å². The fourth-order valence-electron chi connectivity index (χ4n) is 1.43. The summed E-state index contributed by atoms with van der Waals surface area (Å²) in [5.41, 5.74) is 0.848. The van der Waals surface area contributed by atoms with Crippen LogP contribution >= 0.6 is 0 Å². The molecule has 1 aliphatic rings. The monoisotopic (exact) mass is 179 g/mol. The molecule has 0 spiro atoms. The zero-order valence-corrected chi connectivity index (χ0v) is 7.73. The van der Waals surface area contributed by atoms with Gasteiger partial charge in [-0.1, -0.05) is 5.21 Å². The molecule has 4 heteroatoms. The van der Waals surface area contributed by atoms with Crippen LogP contribution in [-0.2, 0) is 17.8 Å². The van der Waals surface area contributed by atoms with Crippen LogP contribution < -0.4 is 0 Å². The predicted molar refractivity (Wildman–Crippen MR) is 47.1 cm³/mol. The summed E-state index contributed by atoms with van der Waals surface area (Å²) in [6.45, 7) is 2.85. The third-order valence-electron chi connectivity index (χ3n) is 2.59. The fourth-order valence-corrected chi connectivity index (χ4v) is 1.43. The Morgan fingerprint density at radius 3 is 2.92 bits per heavy atom. The Balaban J connectivity index is 2.05. The minimum Gasteiger partial charge on any atom is -0.303 e. The Morgan fingerprint density at radius 1 is 1.69 bits per heavy atom. The number of nitrogens with zero attached hydrogens (tertiary/aromatic N) is 3. The van der Waals surface area contributed by atoms with Gasteiger partial charge in [0.2, 0.25) is 0 Å². The molecule has 1 aromatic rings. The molecule has 0 amide bonds. The maximum Gasteiger partial charge on any atom is 0.126 e. The van der Waals surface area contributed by atoms with E-state index in [9.17, 15) is 4.79 Å². The maximum atomic E-state index is 10.7. The first-order chi connectivity index (χ1) is 6.28. The van der Waals surface area contributed by atoms with Gasteiger partial charge in [-0.25, -0.2) is 0 Å². The van der Waals surface area contributed by atoms with Crippen molar-refractivity contribution in [3.63, 3.8) is 0 Å². The quantitative estimate of drug-likeness (QED) is 0.643. The Morgan fingerprint density at radius 2 is 2.46 bits per heavy atom. The first-order valence-electron chi connectivity index (χ1n) is 4.63. The van der Waals surface area contributed by atoms with Crippen molar-refractivity contribution in [3.05, 3.63) is 11.9 Å². The molecule has 1 heterocycles. The average Bonchev–Trinajstić information content (AvgIpc) is 2.77. The van der Waals surface area contributed by atoms with Crippen LogP contribution in [0.5, 0.6) is 0 Å². The summed E-state index contributed by atoms with van der Waals surface area (Å²) in [4.78, 5) is 10.7. The lowest BCUT2D eigenvalue weighted by atomic mass is 10.0. The summed E-state index contributed by atoms with van der Waals surface area (Å²) in [7, 11) is 0. The lowest BCUT2D eigenvalue weighted by molar-refractivity contribution is -0.112. The second-order valence-electron chi connectivity index (χ2n) is 3.72. The highest BCUT2D eigenvalue weighted by Crippen LogP contribution is 2.45. The number of aldehydes is 1. The van der Waals surface area contributed by atoms with Gasteiger partial charge in [-0.3, -0.25) is 4.68 Å². The zero-order chi connectivity index (χ0) is 9.31. The molecule has 0 bridgehead atoms. The van der Waals surface area contributed by atoms with Gasteiger partial charge in [0.25, 0.3) is 0 Å². The van der Waals surface area contributed by atoms with Crippen molar-refractivity contribution in [3.8, 4) is 0 Å². The molecular weight excluding hydrogens is 166 g/mol. The molecule has 4 nitrogen and oxygen atoms in total. The molecule has 0 N–H and O–H groups in total. The molecular formula is C9H13N3O. The summed E-state index contributed by atoms with van der Waals surface area (Å²) in [5.74, 6) is 0. The molecule has 1 aliphatic carbocycles. The van der Waals surface area contributed by atoms with Crippen molar-refractivity contribution in [2.45, 2.75) is 32.7 Å². The molecule has 1 fully saturated rings. The first kappa shape index (κ1) is 8.41. The van der Waals surface area contributed by atoms with E-state index in [1.54, 1.807) is 4.68 Å². The normalized spacial score (nSPS) is 18.5. The lowest BCUT2D eigenvalue weighted by Gasteiger charge is -2.00. The smallest absolute Gasteiger partial charge is 0.126 e. The molecule has 0 unspecified atom stereocenters. The Labute approximate surface area is 76.9 Å². The van der Waals surface area contributed by atoms with E-state index in [0.29, 0.717) is 0 Å². The number of carbonyl (C=O) groups is 1. The molecule has 2 rings (SSSR count). The molecule has 70 valence electrons. The molecule has 0 radical (unpaired) electrons. The van der Waals surface area contributed by atoms with Gasteiger partial charge in [-0.2, -0.15) is 0 Å². The van der Waals surface area contributed by atoms with E-state index < -0.39 is 0 Å². The molecule has 1 saturated carbocycles. The number of hydrogen-bond acceptors (Lipinski definition) is 3. The van der Waals surface area contributed by atoms with Crippen LogP contribution in [0.25, 0.3) is 0 Å². The zero-order valence-electron chi connectivity index (χ0n) is 7.73. The fraction of sp³-hybridized carbons (Fsp3) is 0.667. The molecule has 0 saturated heterocycles. The molecule has 0 aromatic carbocycles. The highest BCUT2D eigenvalue weighted by Gasteiger charge is 2.43. The van der Waals surface area contributed by atoms with Gasteiger partial charge < -0.3 is 4.79 Å². The third kappa shape index (κ3) is 1.61. The van der Waals surface area contributed by atoms with Crippen LogP contribution in [0, 0.1) is 5.41 Å². The summed E-state index contributed by atoms with van der Waals surface area (Å²) in [5, 5.41) is 7.95. The largest absolute Gasteiger partial charge is 0.303 e. The minimum absolute atomic E-state index is 0.0887. The number of carbonyl (C=O) groups excluding carboxylic acids is 1. The molecule has 1 aromatic heterocycles. The van der Waals surface area contributed by atoms with Gasteiger partial charge in [0.05, 0.1) is 5.69 Å². The van der Waals surface area contributed by atoms with Crippen LogP contribution in [0.4, 0.5) is 0 Å². The Bertz CT molecular complexity index is 314. The third-order valence-corrected chi connectivity index (χ3v) is 2.59. The Hall–Kier alpha value is -1.19. The topological polar surface area (TPSA) is 47.8 Å². The van der Waals surface area contributed by atoms with Crippen molar-refractivity contribution in [1.82, 2.24) is 15.0 Å². The molecule has 0 aliphatic heterocycles. The van der Waals surface area contributed by atoms with Gasteiger partial charge in [-0.05, 0) is 19.8 Å². The van der Waals surface area contributed by atoms with E-state index in [1.165, 1.54) is 0 Å². The number of aromatic nitrogens is 3. The second kappa shape index (κ2) is 2.94. The first-order valence-corrected chi connectivity index (χ1v) is 4.63. The average molecular weight is 179 g/mol. The van der Waals surface area contributed by atoms with Gasteiger partial charge in [0, 0.05) is 24.6 Å². The number of aryl methyl sites for hydroxylation is 1. The van der Waals surface area contributed by atoms with Crippen LogP contribution in [0.15, 0.2) is 6.20 Å². The van der Waals surface area contributed by atoms with E-state index in [4.69, 9.17) is 0 Å². The van der Waals surface area contributed by atoms with E-state index >= 15 is 0 Å². The highest BCUT2D eigenvalue weighted by atomic mass is 16.1. The summed E-state index contributed by atoms with van der Waals surface area (Å²) < 4.78 is 1.79. The van der Waals surface area contributed by atoms with Crippen molar-refractivity contribution in [2.75, 3.05) is 0 Å². The summed E-state index contributed by atoms with van der Waals surface area (Å²) >= 11 is 0. The van der Waals surface area contributed by atoms with Crippen molar-refractivity contribution in [1.29, 1.82) is 0 Å². The summed E-state index contributed by atoms with van der Waals surface area (Å²) in [6.07, 6.45) is 5.77.